The quantitative estimate of drug-likeness (QED) is 0.787. The fourth-order valence-electron chi connectivity index (χ4n) is 2.38. The van der Waals surface area contributed by atoms with Crippen LogP contribution in [0.25, 0.3) is 10.8 Å². The second kappa shape index (κ2) is 4.35. The highest BCUT2D eigenvalue weighted by molar-refractivity contribution is 5.91. The lowest BCUT2D eigenvalue weighted by Crippen LogP contribution is -2.34. The lowest BCUT2D eigenvalue weighted by molar-refractivity contribution is 0.0773. The van der Waals surface area contributed by atoms with E-state index in [1.807, 2.05) is 30.3 Å². The molecule has 0 spiro atoms. The monoisotopic (exact) mass is 229 g/mol. The maximum atomic E-state index is 9.84. The lowest BCUT2D eigenvalue weighted by Gasteiger charge is -2.25. The molecule has 1 aliphatic rings. The Kier molecular flexibility index (Phi) is 2.71. The van der Waals surface area contributed by atoms with Gasteiger partial charge >= 0.3 is 0 Å². The zero-order chi connectivity index (χ0) is 11.7. The summed E-state index contributed by atoms with van der Waals surface area (Å²) in [6.07, 6.45) is 0. The van der Waals surface area contributed by atoms with Crippen molar-refractivity contribution in [1.82, 2.24) is 5.32 Å². The van der Waals surface area contributed by atoms with Crippen molar-refractivity contribution in [3.63, 3.8) is 0 Å². The number of rotatable bonds is 1. The van der Waals surface area contributed by atoms with E-state index >= 15 is 0 Å². The summed E-state index contributed by atoms with van der Waals surface area (Å²) in [6.45, 7) is 2.33. The van der Waals surface area contributed by atoms with Gasteiger partial charge in [0.05, 0.1) is 19.3 Å². The number of aromatic hydroxyl groups is 1. The SMILES string of the molecule is Oc1ccc([C@@H]2COCCN2)c2ccccc12. The highest BCUT2D eigenvalue weighted by Crippen LogP contribution is 2.31. The number of nitrogens with one attached hydrogen (secondary N) is 1. The molecule has 0 aromatic heterocycles. The topological polar surface area (TPSA) is 41.5 Å². The molecule has 88 valence electrons. The molecule has 2 aromatic carbocycles. The Balaban J connectivity index is 2.12. The van der Waals surface area contributed by atoms with Crippen molar-refractivity contribution in [2.24, 2.45) is 0 Å². The van der Waals surface area contributed by atoms with Gasteiger partial charge in [0.2, 0.25) is 0 Å². The number of hydrogen-bond acceptors (Lipinski definition) is 3. The molecule has 1 fully saturated rings. The third kappa shape index (κ3) is 1.88. The molecule has 2 aromatic rings. The van der Waals surface area contributed by atoms with Gasteiger partial charge in [-0.1, -0.05) is 30.3 Å². The number of morpholine rings is 1. The van der Waals surface area contributed by atoms with E-state index in [0.717, 1.165) is 23.9 Å². The predicted molar refractivity (Wildman–Crippen MR) is 67.2 cm³/mol. The molecule has 0 aliphatic carbocycles. The molecule has 0 bridgehead atoms. The van der Waals surface area contributed by atoms with Gasteiger partial charge in [-0.15, -0.1) is 0 Å². The molecule has 1 atom stereocenters. The van der Waals surface area contributed by atoms with E-state index in [4.69, 9.17) is 4.74 Å². The van der Waals surface area contributed by atoms with Crippen molar-refractivity contribution in [3.8, 4) is 5.75 Å². The average Bonchev–Trinajstić information content (AvgIpc) is 2.41. The van der Waals surface area contributed by atoms with Gasteiger partial charge in [-0.2, -0.15) is 0 Å². The summed E-state index contributed by atoms with van der Waals surface area (Å²) in [5, 5.41) is 15.3. The number of phenolic OH excluding ortho intramolecular Hbond substituents is 1. The van der Waals surface area contributed by atoms with E-state index in [9.17, 15) is 5.11 Å². The molecule has 0 radical (unpaired) electrons. The van der Waals surface area contributed by atoms with Gasteiger partial charge in [0, 0.05) is 11.9 Å². The van der Waals surface area contributed by atoms with E-state index in [1.54, 1.807) is 6.07 Å². The molecule has 2 N–H and O–H groups in total. The van der Waals surface area contributed by atoms with Crippen LogP contribution in [-0.2, 0) is 4.74 Å². The van der Waals surface area contributed by atoms with E-state index in [2.05, 4.69) is 5.32 Å². The zero-order valence-corrected chi connectivity index (χ0v) is 9.52. The van der Waals surface area contributed by atoms with Gasteiger partial charge in [0.25, 0.3) is 0 Å². The van der Waals surface area contributed by atoms with E-state index < -0.39 is 0 Å². The van der Waals surface area contributed by atoms with Crippen molar-refractivity contribution in [3.05, 3.63) is 42.0 Å². The van der Waals surface area contributed by atoms with E-state index in [0.29, 0.717) is 12.4 Å². The summed E-state index contributed by atoms with van der Waals surface area (Å²) >= 11 is 0. The Morgan fingerprint density at radius 1 is 1.12 bits per heavy atom. The van der Waals surface area contributed by atoms with E-state index in [-0.39, 0.29) is 6.04 Å². The molecule has 3 heteroatoms. The third-order valence-electron chi connectivity index (χ3n) is 3.23. The minimum Gasteiger partial charge on any atom is -0.507 e. The Morgan fingerprint density at radius 2 is 1.94 bits per heavy atom. The number of fused-ring (bicyclic) bond motifs is 1. The van der Waals surface area contributed by atoms with Crippen molar-refractivity contribution in [1.29, 1.82) is 0 Å². The van der Waals surface area contributed by atoms with Crippen LogP contribution in [0.2, 0.25) is 0 Å². The minimum absolute atomic E-state index is 0.217. The summed E-state index contributed by atoms with van der Waals surface area (Å²) in [5.41, 5.74) is 1.19. The summed E-state index contributed by atoms with van der Waals surface area (Å²) in [6, 6.07) is 11.9. The molecule has 17 heavy (non-hydrogen) atoms. The first kappa shape index (κ1) is 10.6. The van der Waals surface area contributed by atoms with Gasteiger partial charge in [-0.05, 0) is 17.0 Å². The van der Waals surface area contributed by atoms with Crippen molar-refractivity contribution >= 4 is 10.8 Å². The summed E-state index contributed by atoms with van der Waals surface area (Å²) in [5.74, 6) is 0.334. The smallest absolute Gasteiger partial charge is 0.123 e. The predicted octanol–water partition coefficient (Wildman–Crippen LogP) is 2.21. The Labute approximate surface area is 100 Å². The third-order valence-corrected chi connectivity index (χ3v) is 3.23. The second-order valence-electron chi connectivity index (χ2n) is 4.30. The molecule has 1 aliphatic heterocycles. The van der Waals surface area contributed by atoms with Crippen LogP contribution in [0.4, 0.5) is 0 Å². The van der Waals surface area contributed by atoms with Gasteiger partial charge in [-0.3, -0.25) is 0 Å². The number of phenols is 1. The largest absolute Gasteiger partial charge is 0.507 e. The van der Waals surface area contributed by atoms with Crippen LogP contribution < -0.4 is 5.32 Å². The van der Waals surface area contributed by atoms with Crippen LogP contribution in [0.1, 0.15) is 11.6 Å². The number of ether oxygens (including phenoxy) is 1. The molecule has 0 amide bonds. The lowest BCUT2D eigenvalue weighted by atomic mass is 9.98. The Morgan fingerprint density at radius 3 is 2.71 bits per heavy atom. The molecule has 0 unspecified atom stereocenters. The fourth-order valence-corrected chi connectivity index (χ4v) is 2.38. The van der Waals surface area contributed by atoms with Crippen molar-refractivity contribution < 1.29 is 9.84 Å². The standard InChI is InChI=1S/C14H15NO2/c16-14-6-5-11(13-9-17-8-7-15-13)10-3-1-2-4-12(10)14/h1-6,13,15-16H,7-9H2/t13-/m0/s1. The normalized spacial score (nSPS) is 20.6. The van der Waals surface area contributed by atoms with Crippen LogP contribution in [0.5, 0.6) is 5.75 Å². The van der Waals surface area contributed by atoms with E-state index in [1.165, 1.54) is 5.56 Å². The van der Waals surface area contributed by atoms with Gasteiger partial charge in [0.1, 0.15) is 5.75 Å². The molecular formula is C14H15NO2. The van der Waals surface area contributed by atoms with Crippen LogP contribution in [0, 0.1) is 0 Å². The van der Waals surface area contributed by atoms with Crippen LogP contribution in [-0.4, -0.2) is 24.9 Å². The summed E-state index contributed by atoms with van der Waals surface area (Å²) in [4.78, 5) is 0. The number of benzene rings is 2. The molecule has 0 saturated carbocycles. The van der Waals surface area contributed by atoms with Crippen LogP contribution in [0.3, 0.4) is 0 Å². The molecular weight excluding hydrogens is 214 g/mol. The molecule has 3 nitrogen and oxygen atoms in total. The molecule has 1 heterocycles. The summed E-state index contributed by atoms with van der Waals surface area (Å²) in [7, 11) is 0. The maximum Gasteiger partial charge on any atom is 0.123 e. The Hall–Kier alpha value is -1.58. The first-order chi connectivity index (χ1) is 8.36. The maximum absolute atomic E-state index is 9.84. The first-order valence-electron chi connectivity index (χ1n) is 5.88. The van der Waals surface area contributed by atoms with Crippen LogP contribution >= 0.6 is 0 Å². The van der Waals surface area contributed by atoms with Gasteiger partial charge < -0.3 is 15.2 Å². The number of hydrogen-bond donors (Lipinski definition) is 2. The average molecular weight is 229 g/mol. The molecule has 1 saturated heterocycles. The van der Waals surface area contributed by atoms with Gasteiger partial charge in [-0.25, -0.2) is 0 Å². The van der Waals surface area contributed by atoms with Gasteiger partial charge in [0.15, 0.2) is 0 Å². The summed E-state index contributed by atoms with van der Waals surface area (Å²) < 4.78 is 5.49. The van der Waals surface area contributed by atoms with Crippen molar-refractivity contribution in [2.75, 3.05) is 19.8 Å². The first-order valence-corrected chi connectivity index (χ1v) is 5.88. The van der Waals surface area contributed by atoms with Crippen LogP contribution in [0.15, 0.2) is 36.4 Å². The minimum atomic E-state index is 0.217. The van der Waals surface area contributed by atoms with Crippen molar-refractivity contribution in [2.45, 2.75) is 6.04 Å². The highest BCUT2D eigenvalue weighted by atomic mass is 16.5. The zero-order valence-electron chi connectivity index (χ0n) is 9.52. The highest BCUT2D eigenvalue weighted by Gasteiger charge is 2.18. The fraction of sp³-hybridized carbons (Fsp3) is 0.286. The Bertz CT molecular complexity index is 533. The second-order valence-corrected chi connectivity index (χ2v) is 4.30. The molecule has 3 rings (SSSR count).